The van der Waals surface area contributed by atoms with E-state index in [9.17, 15) is 5.11 Å². The Bertz CT molecular complexity index is 769. The minimum Gasteiger partial charge on any atom is -0.493 e. The zero-order chi connectivity index (χ0) is 19.3. The van der Waals surface area contributed by atoms with Crippen molar-refractivity contribution in [2.75, 3.05) is 13.7 Å². The van der Waals surface area contributed by atoms with Gasteiger partial charge in [0.25, 0.3) is 0 Å². The summed E-state index contributed by atoms with van der Waals surface area (Å²) in [4.78, 5) is 0. The normalized spacial score (nSPS) is 11.5. The molecule has 0 heterocycles. The first-order valence-electron chi connectivity index (χ1n) is 8.05. The van der Waals surface area contributed by atoms with Crippen LogP contribution in [0.5, 0.6) is 11.5 Å². The van der Waals surface area contributed by atoms with E-state index < -0.39 is 0 Å². The molecule has 0 spiro atoms. The molecule has 0 radical (unpaired) electrons. The quantitative estimate of drug-likeness (QED) is 0.565. The third-order valence-electron chi connectivity index (χ3n) is 3.88. The molecule has 0 aliphatic carbocycles. The molecule has 0 aliphatic rings. The van der Waals surface area contributed by atoms with Crippen molar-refractivity contribution >= 4 is 39.1 Å². The number of benzene rings is 2. The first-order chi connectivity index (χ1) is 12.3. The second-order valence-corrected chi connectivity index (χ2v) is 8.21. The van der Waals surface area contributed by atoms with E-state index in [4.69, 9.17) is 32.7 Å². The highest BCUT2D eigenvalue weighted by atomic mass is 79.9. The highest BCUT2D eigenvalue weighted by Gasteiger charge is 2.17. The average molecular weight is 463 g/mol. The summed E-state index contributed by atoms with van der Waals surface area (Å²) < 4.78 is 12.2. The first-order valence-corrected chi connectivity index (χ1v) is 9.59. The summed E-state index contributed by atoms with van der Waals surface area (Å²) in [5, 5.41) is 13.8. The van der Waals surface area contributed by atoms with Gasteiger partial charge < -0.3 is 19.9 Å². The van der Waals surface area contributed by atoms with Crippen molar-refractivity contribution in [3.05, 3.63) is 56.0 Å². The minimum atomic E-state index is -0.368. The van der Waals surface area contributed by atoms with E-state index in [0.29, 0.717) is 34.7 Å². The third kappa shape index (κ3) is 5.76. The molecule has 4 nitrogen and oxygen atoms in total. The molecule has 0 saturated carbocycles. The minimum absolute atomic E-state index is 0.0464. The van der Waals surface area contributed by atoms with Crippen molar-refractivity contribution in [3.63, 3.8) is 0 Å². The smallest absolute Gasteiger partial charge is 0.162 e. The fourth-order valence-electron chi connectivity index (χ4n) is 2.17. The van der Waals surface area contributed by atoms with Crippen molar-refractivity contribution in [2.24, 2.45) is 0 Å². The largest absolute Gasteiger partial charge is 0.493 e. The van der Waals surface area contributed by atoms with E-state index in [1.807, 2.05) is 32.0 Å². The van der Waals surface area contributed by atoms with Gasteiger partial charge >= 0.3 is 0 Å². The lowest BCUT2D eigenvalue weighted by Crippen LogP contribution is -2.42. The predicted octanol–water partition coefficient (Wildman–Crippen LogP) is 5.20. The van der Waals surface area contributed by atoms with E-state index in [0.717, 1.165) is 15.6 Å². The molecule has 7 heteroatoms. The van der Waals surface area contributed by atoms with Gasteiger partial charge in [-0.2, -0.15) is 0 Å². The highest BCUT2D eigenvalue weighted by Crippen LogP contribution is 2.35. The van der Waals surface area contributed by atoms with Crippen LogP contribution in [0.3, 0.4) is 0 Å². The highest BCUT2D eigenvalue weighted by molar-refractivity contribution is 9.10. The van der Waals surface area contributed by atoms with E-state index in [2.05, 4.69) is 21.2 Å². The Balaban J connectivity index is 2.15. The molecule has 2 rings (SSSR count). The van der Waals surface area contributed by atoms with Gasteiger partial charge in [0.15, 0.2) is 11.5 Å². The molecule has 2 aromatic carbocycles. The lowest BCUT2D eigenvalue weighted by molar-refractivity contribution is 0.187. The van der Waals surface area contributed by atoms with E-state index in [1.165, 1.54) is 0 Å². The summed E-state index contributed by atoms with van der Waals surface area (Å²) >= 11 is 15.7. The Morgan fingerprint density at radius 1 is 1.12 bits per heavy atom. The number of hydrogen-bond acceptors (Lipinski definition) is 4. The molecule has 0 aliphatic heterocycles. The SMILES string of the molecule is COc1cc(CNC(C)(C)CO)c(Br)cc1OCc1ccc(Cl)cc1Cl. The molecule has 142 valence electrons. The zero-order valence-corrected chi connectivity index (χ0v) is 18.0. The monoisotopic (exact) mass is 461 g/mol. The van der Waals surface area contributed by atoms with Crippen LogP contribution in [0.4, 0.5) is 0 Å². The summed E-state index contributed by atoms with van der Waals surface area (Å²) in [6.45, 7) is 4.80. The zero-order valence-electron chi connectivity index (χ0n) is 14.9. The lowest BCUT2D eigenvalue weighted by atomic mass is 10.1. The van der Waals surface area contributed by atoms with Gasteiger partial charge in [-0.3, -0.25) is 0 Å². The van der Waals surface area contributed by atoms with Gasteiger partial charge in [0.1, 0.15) is 6.61 Å². The van der Waals surface area contributed by atoms with Gasteiger partial charge in [0.05, 0.1) is 13.7 Å². The van der Waals surface area contributed by atoms with Gasteiger partial charge in [-0.05, 0) is 43.7 Å². The van der Waals surface area contributed by atoms with Crippen LogP contribution in [0.2, 0.25) is 10.0 Å². The maximum Gasteiger partial charge on any atom is 0.162 e. The maximum absolute atomic E-state index is 9.37. The Labute approximate surface area is 172 Å². The molecule has 26 heavy (non-hydrogen) atoms. The fourth-order valence-corrected chi connectivity index (χ4v) is 3.10. The maximum atomic E-state index is 9.37. The van der Waals surface area contributed by atoms with Crippen LogP contribution < -0.4 is 14.8 Å². The summed E-state index contributed by atoms with van der Waals surface area (Å²) in [5.74, 6) is 1.23. The van der Waals surface area contributed by atoms with Gasteiger partial charge in [-0.25, -0.2) is 0 Å². The van der Waals surface area contributed by atoms with Crippen LogP contribution in [0.25, 0.3) is 0 Å². The predicted molar refractivity (Wildman–Crippen MR) is 109 cm³/mol. The van der Waals surface area contributed by atoms with Crippen LogP contribution >= 0.6 is 39.1 Å². The molecule has 2 aromatic rings. The molecule has 0 unspecified atom stereocenters. The molecule has 0 fully saturated rings. The molecule has 0 atom stereocenters. The average Bonchev–Trinajstić information content (AvgIpc) is 2.60. The van der Waals surface area contributed by atoms with Crippen molar-refractivity contribution in [3.8, 4) is 11.5 Å². The number of ether oxygens (including phenoxy) is 2. The summed E-state index contributed by atoms with van der Waals surface area (Å²) in [7, 11) is 1.60. The molecule has 0 saturated heterocycles. The van der Waals surface area contributed by atoms with Crippen molar-refractivity contribution in [1.82, 2.24) is 5.32 Å². The van der Waals surface area contributed by atoms with Gasteiger partial charge in [-0.15, -0.1) is 0 Å². The van der Waals surface area contributed by atoms with Crippen molar-refractivity contribution in [1.29, 1.82) is 0 Å². The Hall–Kier alpha value is -0.980. The van der Waals surface area contributed by atoms with E-state index >= 15 is 0 Å². The van der Waals surface area contributed by atoms with Gasteiger partial charge in [0.2, 0.25) is 0 Å². The van der Waals surface area contributed by atoms with Crippen molar-refractivity contribution < 1.29 is 14.6 Å². The molecular formula is C19H22BrCl2NO3. The number of hydrogen-bond donors (Lipinski definition) is 2. The molecule has 2 N–H and O–H groups in total. The van der Waals surface area contributed by atoms with E-state index in [-0.39, 0.29) is 12.1 Å². The number of nitrogens with one attached hydrogen (secondary N) is 1. The Morgan fingerprint density at radius 3 is 2.46 bits per heavy atom. The van der Waals surface area contributed by atoms with Crippen LogP contribution in [-0.4, -0.2) is 24.4 Å². The summed E-state index contributed by atoms with van der Waals surface area (Å²) in [6, 6.07) is 9.07. The van der Waals surface area contributed by atoms with Gasteiger partial charge in [-0.1, -0.05) is 45.2 Å². The van der Waals surface area contributed by atoms with Crippen molar-refractivity contribution in [2.45, 2.75) is 32.5 Å². The number of rotatable bonds is 8. The molecule has 0 bridgehead atoms. The number of aliphatic hydroxyl groups excluding tert-OH is 1. The van der Waals surface area contributed by atoms with Crippen LogP contribution in [0.15, 0.2) is 34.8 Å². The molecule has 0 amide bonds. The number of halogens is 3. The van der Waals surface area contributed by atoms with Crippen LogP contribution in [-0.2, 0) is 13.2 Å². The second-order valence-electron chi connectivity index (χ2n) is 6.51. The van der Waals surface area contributed by atoms with Gasteiger partial charge in [0, 0.05) is 32.2 Å². The number of methoxy groups -OCH3 is 1. The topological polar surface area (TPSA) is 50.7 Å². The van der Waals surface area contributed by atoms with E-state index in [1.54, 1.807) is 19.2 Å². The first kappa shape index (κ1) is 21.3. The van der Waals surface area contributed by atoms with Crippen LogP contribution in [0.1, 0.15) is 25.0 Å². The molecular weight excluding hydrogens is 441 g/mol. The fraction of sp³-hybridized carbons (Fsp3) is 0.368. The number of aliphatic hydroxyl groups is 1. The Morgan fingerprint density at radius 2 is 1.85 bits per heavy atom. The van der Waals surface area contributed by atoms with Crippen LogP contribution in [0, 0.1) is 0 Å². The Kier molecular flexibility index (Phi) is 7.62. The second kappa shape index (κ2) is 9.29. The molecule has 0 aromatic heterocycles. The summed E-state index contributed by atoms with van der Waals surface area (Å²) in [5.41, 5.74) is 1.47. The lowest BCUT2D eigenvalue weighted by Gasteiger charge is -2.24. The summed E-state index contributed by atoms with van der Waals surface area (Å²) in [6.07, 6.45) is 0. The third-order valence-corrected chi connectivity index (χ3v) is 5.21. The standard InChI is InChI=1S/C19H22BrCl2NO3/c1-19(2,11-24)23-9-13-6-17(25-3)18(8-15(13)20)26-10-12-4-5-14(21)7-16(12)22/h4-8,23-24H,9-11H2,1-3H3.